The number of benzene rings is 1. The zero-order valence-corrected chi connectivity index (χ0v) is 12.2. The molecule has 0 aliphatic carbocycles. The minimum atomic E-state index is -1.01. The van der Waals surface area contributed by atoms with Gasteiger partial charge in [-0.25, -0.2) is 4.39 Å². The number of carbonyl (C=O) groups excluding carboxylic acids is 3. The normalized spacial score (nSPS) is 9.65. The highest BCUT2D eigenvalue weighted by Crippen LogP contribution is 2.12. The molecular formula is C14H17FN4O4. The van der Waals surface area contributed by atoms with E-state index in [1.165, 1.54) is 18.2 Å². The van der Waals surface area contributed by atoms with Crippen LogP contribution < -0.4 is 21.5 Å². The number of nitrogens with one attached hydrogen (secondary N) is 4. The standard InChI is InChI=1S/C14H17FN4O4/c1-9(18-19-14(23)13(22)16-6-7-20)8-12(21)17-11-5-3-2-4-10(11)15/h2-5,18,20H,1,6-8H2,(H,16,22)(H,17,21)(H,19,23). The summed E-state index contributed by atoms with van der Waals surface area (Å²) in [6.07, 6.45) is -0.243. The summed E-state index contributed by atoms with van der Waals surface area (Å²) >= 11 is 0. The molecule has 0 unspecified atom stereocenters. The molecule has 23 heavy (non-hydrogen) atoms. The van der Waals surface area contributed by atoms with Gasteiger partial charge in [0.15, 0.2) is 0 Å². The quantitative estimate of drug-likeness (QED) is 0.339. The third kappa shape index (κ3) is 6.57. The molecule has 0 fully saturated rings. The van der Waals surface area contributed by atoms with Gasteiger partial charge in [-0.1, -0.05) is 18.7 Å². The molecular weight excluding hydrogens is 307 g/mol. The number of para-hydroxylation sites is 1. The van der Waals surface area contributed by atoms with Crippen LogP contribution in [0.2, 0.25) is 0 Å². The largest absolute Gasteiger partial charge is 0.395 e. The van der Waals surface area contributed by atoms with Crippen molar-refractivity contribution in [2.45, 2.75) is 6.42 Å². The molecule has 5 N–H and O–H groups in total. The third-order valence-electron chi connectivity index (χ3n) is 2.48. The Bertz CT molecular complexity index is 606. The van der Waals surface area contributed by atoms with Crippen molar-refractivity contribution in [2.24, 2.45) is 0 Å². The number of anilines is 1. The molecule has 0 heterocycles. The highest BCUT2D eigenvalue weighted by molar-refractivity contribution is 6.34. The monoisotopic (exact) mass is 324 g/mol. The molecule has 9 heteroatoms. The van der Waals surface area contributed by atoms with Gasteiger partial charge in [0.1, 0.15) is 5.82 Å². The maximum absolute atomic E-state index is 13.4. The molecule has 0 bridgehead atoms. The zero-order chi connectivity index (χ0) is 17.2. The molecule has 0 aromatic heterocycles. The van der Waals surface area contributed by atoms with Gasteiger partial charge in [0.05, 0.1) is 18.7 Å². The van der Waals surface area contributed by atoms with E-state index in [4.69, 9.17) is 5.11 Å². The molecule has 0 spiro atoms. The van der Waals surface area contributed by atoms with Crippen LogP contribution in [0.25, 0.3) is 0 Å². The molecule has 1 rings (SSSR count). The molecule has 1 aromatic rings. The molecule has 0 radical (unpaired) electrons. The van der Waals surface area contributed by atoms with Crippen molar-refractivity contribution in [1.29, 1.82) is 0 Å². The Morgan fingerprint density at radius 3 is 2.48 bits per heavy atom. The first-order chi connectivity index (χ1) is 10.9. The van der Waals surface area contributed by atoms with E-state index in [0.717, 1.165) is 0 Å². The number of rotatable bonds is 7. The second-order valence-corrected chi connectivity index (χ2v) is 4.37. The van der Waals surface area contributed by atoms with Gasteiger partial charge in [0, 0.05) is 12.2 Å². The number of hydrogen-bond donors (Lipinski definition) is 5. The van der Waals surface area contributed by atoms with E-state index in [1.807, 2.05) is 5.43 Å². The summed E-state index contributed by atoms with van der Waals surface area (Å²) in [6, 6.07) is 5.66. The lowest BCUT2D eigenvalue weighted by molar-refractivity contribution is -0.139. The van der Waals surface area contributed by atoms with Crippen molar-refractivity contribution in [3.63, 3.8) is 0 Å². The molecule has 0 atom stereocenters. The van der Waals surface area contributed by atoms with E-state index in [0.29, 0.717) is 0 Å². The lowest BCUT2D eigenvalue weighted by Gasteiger charge is -2.11. The van der Waals surface area contributed by atoms with E-state index in [1.54, 1.807) is 6.07 Å². The summed E-state index contributed by atoms with van der Waals surface area (Å²) in [5, 5.41) is 13.0. The van der Waals surface area contributed by atoms with Crippen molar-refractivity contribution < 1.29 is 23.9 Å². The fourth-order valence-electron chi connectivity index (χ4n) is 1.45. The second kappa shape index (κ2) is 9.15. The van der Waals surface area contributed by atoms with Crippen LogP contribution in [0.1, 0.15) is 6.42 Å². The van der Waals surface area contributed by atoms with E-state index >= 15 is 0 Å². The Balaban J connectivity index is 2.36. The molecule has 8 nitrogen and oxygen atoms in total. The fraction of sp³-hybridized carbons (Fsp3) is 0.214. The van der Waals surface area contributed by atoms with Gasteiger partial charge in [0.25, 0.3) is 0 Å². The summed E-state index contributed by atoms with van der Waals surface area (Å²) in [7, 11) is 0. The summed E-state index contributed by atoms with van der Waals surface area (Å²) in [4.78, 5) is 34.2. The van der Waals surface area contributed by atoms with Gasteiger partial charge in [-0.3, -0.25) is 19.8 Å². The second-order valence-electron chi connectivity index (χ2n) is 4.37. The molecule has 124 valence electrons. The summed E-state index contributed by atoms with van der Waals surface area (Å²) in [5.41, 5.74) is 4.46. The van der Waals surface area contributed by atoms with Crippen molar-refractivity contribution in [1.82, 2.24) is 16.2 Å². The number of hydrazine groups is 1. The SMILES string of the molecule is C=C(CC(=O)Nc1ccccc1F)NNC(=O)C(=O)NCCO. The van der Waals surface area contributed by atoms with Crippen LogP contribution in [0.4, 0.5) is 10.1 Å². The molecule has 0 saturated carbocycles. The van der Waals surface area contributed by atoms with Gasteiger partial charge in [0.2, 0.25) is 5.91 Å². The van der Waals surface area contributed by atoms with E-state index in [-0.39, 0.29) is 31.0 Å². The van der Waals surface area contributed by atoms with Crippen LogP contribution in [0.15, 0.2) is 36.5 Å². The zero-order valence-electron chi connectivity index (χ0n) is 12.2. The highest BCUT2D eigenvalue weighted by atomic mass is 19.1. The van der Waals surface area contributed by atoms with E-state index in [9.17, 15) is 18.8 Å². The predicted molar refractivity (Wildman–Crippen MR) is 80.2 cm³/mol. The average Bonchev–Trinajstić information content (AvgIpc) is 2.52. The molecule has 0 saturated heterocycles. The number of aliphatic hydroxyl groups excluding tert-OH is 1. The average molecular weight is 324 g/mol. The van der Waals surface area contributed by atoms with Gasteiger partial charge in [-0.15, -0.1) is 0 Å². The predicted octanol–water partition coefficient (Wildman–Crippen LogP) is -0.603. The van der Waals surface area contributed by atoms with E-state index in [2.05, 4.69) is 22.6 Å². The van der Waals surface area contributed by atoms with Gasteiger partial charge >= 0.3 is 11.8 Å². The molecule has 0 aliphatic heterocycles. The maximum atomic E-state index is 13.4. The van der Waals surface area contributed by atoms with Crippen LogP contribution in [-0.2, 0) is 14.4 Å². The topological polar surface area (TPSA) is 120 Å². The lowest BCUT2D eigenvalue weighted by atomic mass is 10.2. The third-order valence-corrected chi connectivity index (χ3v) is 2.48. The van der Waals surface area contributed by atoms with Crippen molar-refractivity contribution in [3.05, 3.63) is 42.4 Å². The Morgan fingerprint density at radius 2 is 1.83 bits per heavy atom. The minimum absolute atomic E-state index is 0.0257. The Labute approximate surface area is 131 Å². The van der Waals surface area contributed by atoms with Crippen LogP contribution in [0.5, 0.6) is 0 Å². The highest BCUT2D eigenvalue weighted by Gasteiger charge is 2.13. The first-order valence-corrected chi connectivity index (χ1v) is 6.61. The molecule has 1 aromatic carbocycles. The first kappa shape index (κ1) is 18.1. The Morgan fingerprint density at radius 1 is 1.13 bits per heavy atom. The number of aliphatic hydroxyl groups is 1. The van der Waals surface area contributed by atoms with Crippen molar-refractivity contribution >= 4 is 23.4 Å². The smallest absolute Gasteiger partial charge is 0.327 e. The van der Waals surface area contributed by atoms with Gasteiger partial charge in [-0.05, 0) is 12.1 Å². The minimum Gasteiger partial charge on any atom is -0.395 e. The van der Waals surface area contributed by atoms with Crippen LogP contribution in [-0.4, -0.2) is 36.0 Å². The Hall–Kier alpha value is -2.94. The van der Waals surface area contributed by atoms with Crippen molar-refractivity contribution in [3.8, 4) is 0 Å². The van der Waals surface area contributed by atoms with E-state index < -0.39 is 23.5 Å². The Kier molecular flexibility index (Phi) is 7.21. The number of carbonyl (C=O) groups is 3. The number of halogens is 1. The van der Waals surface area contributed by atoms with Gasteiger partial charge < -0.3 is 21.2 Å². The summed E-state index contributed by atoms with van der Waals surface area (Å²) in [5.74, 6) is -3.08. The van der Waals surface area contributed by atoms with Crippen molar-refractivity contribution in [2.75, 3.05) is 18.5 Å². The fourth-order valence-corrected chi connectivity index (χ4v) is 1.45. The molecule has 3 amide bonds. The molecule has 0 aliphatic rings. The summed E-state index contributed by atoms with van der Waals surface area (Å²) < 4.78 is 13.4. The number of amides is 3. The first-order valence-electron chi connectivity index (χ1n) is 6.61. The van der Waals surface area contributed by atoms with Crippen LogP contribution >= 0.6 is 0 Å². The van der Waals surface area contributed by atoms with Gasteiger partial charge in [-0.2, -0.15) is 0 Å². The van der Waals surface area contributed by atoms with Crippen LogP contribution in [0, 0.1) is 5.82 Å². The lowest BCUT2D eigenvalue weighted by Crippen LogP contribution is -2.46. The number of hydrogen-bond acceptors (Lipinski definition) is 5. The maximum Gasteiger partial charge on any atom is 0.327 e. The van der Waals surface area contributed by atoms with Crippen LogP contribution in [0.3, 0.4) is 0 Å². The summed E-state index contributed by atoms with van der Waals surface area (Å²) in [6.45, 7) is 3.15.